The maximum absolute atomic E-state index is 12.8. The molecule has 0 amide bonds. The van der Waals surface area contributed by atoms with Gasteiger partial charge in [-0.2, -0.15) is 0 Å². The van der Waals surface area contributed by atoms with Crippen molar-refractivity contribution in [2.45, 2.75) is 6.54 Å². The molecule has 2 aromatic carbocycles. The second kappa shape index (κ2) is 8.65. The summed E-state index contributed by atoms with van der Waals surface area (Å²) in [6, 6.07) is 18.2. The van der Waals surface area contributed by atoms with Gasteiger partial charge < -0.3 is 14.4 Å². The third kappa shape index (κ3) is 4.07. The molecule has 162 valence electrons. The smallest absolute Gasteiger partial charge is 0.344 e. The van der Waals surface area contributed by atoms with Gasteiger partial charge in [0.1, 0.15) is 17.2 Å². The van der Waals surface area contributed by atoms with Crippen molar-refractivity contribution in [2.75, 3.05) is 31.1 Å². The fourth-order valence-electron chi connectivity index (χ4n) is 4.11. The summed E-state index contributed by atoms with van der Waals surface area (Å²) in [7, 11) is 0. The summed E-state index contributed by atoms with van der Waals surface area (Å²) in [5.74, 6) is 1.10. The number of piperazine rings is 1. The molecule has 0 spiro atoms. The minimum atomic E-state index is -0.438. The van der Waals surface area contributed by atoms with E-state index in [2.05, 4.69) is 14.8 Å². The van der Waals surface area contributed by atoms with Gasteiger partial charge in [-0.1, -0.05) is 29.8 Å². The van der Waals surface area contributed by atoms with Gasteiger partial charge in [-0.25, -0.2) is 9.78 Å². The Morgan fingerprint density at radius 1 is 1.00 bits per heavy atom. The van der Waals surface area contributed by atoms with E-state index in [1.165, 1.54) is 0 Å². The zero-order valence-electron chi connectivity index (χ0n) is 17.4. The third-order valence-electron chi connectivity index (χ3n) is 5.86. The van der Waals surface area contributed by atoms with Crippen molar-refractivity contribution < 1.29 is 9.52 Å². The number of anilines is 1. The molecule has 0 unspecified atom stereocenters. The maximum atomic E-state index is 12.8. The quantitative estimate of drug-likeness (QED) is 0.463. The highest BCUT2D eigenvalue weighted by Crippen LogP contribution is 2.30. The number of nitrogens with zero attached hydrogens (tertiary/aromatic N) is 3. The van der Waals surface area contributed by atoms with Gasteiger partial charge in [0, 0.05) is 49.3 Å². The van der Waals surface area contributed by atoms with Crippen LogP contribution in [0.15, 0.2) is 76.1 Å². The van der Waals surface area contributed by atoms with E-state index in [-0.39, 0.29) is 5.75 Å². The predicted molar refractivity (Wildman–Crippen MR) is 126 cm³/mol. The molecule has 0 atom stereocenters. The fraction of sp³-hybridized carbons (Fsp3) is 0.200. The number of fused-ring (bicyclic) bond motifs is 1. The van der Waals surface area contributed by atoms with Crippen LogP contribution in [0.1, 0.15) is 5.56 Å². The highest BCUT2D eigenvalue weighted by atomic mass is 35.5. The zero-order chi connectivity index (χ0) is 22.1. The van der Waals surface area contributed by atoms with E-state index < -0.39 is 5.63 Å². The van der Waals surface area contributed by atoms with E-state index in [1.807, 2.05) is 24.3 Å². The van der Waals surface area contributed by atoms with Gasteiger partial charge in [-0.3, -0.25) is 4.90 Å². The van der Waals surface area contributed by atoms with Crippen LogP contribution in [0.3, 0.4) is 0 Å². The molecule has 7 heteroatoms. The molecule has 2 aromatic heterocycles. The summed E-state index contributed by atoms with van der Waals surface area (Å²) in [5, 5.41) is 11.9. The lowest BCUT2D eigenvalue weighted by Crippen LogP contribution is -2.46. The number of rotatable bonds is 4. The van der Waals surface area contributed by atoms with Crippen LogP contribution < -0.4 is 10.5 Å². The highest BCUT2D eigenvalue weighted by molar-refractivity contribution is 6.30. The molecular weight excluding hydrogens is 426 g/mol. The first-order valence-corrected chi connectivity index (χ1v) is 10.9. The van der Waals surface area contributed by atoms with Gasteiger partial charge in [0.2, 0.25) is 0 Å². The molecule has 0 saturated carbocycles. The Morgan fingerprint density at radius 3 is 2.50 bits per heavy atom. The first kappa shape index (κ1) is 20.5. The number of phenolic OH excluding ortho intramolecular Hbond substituents is 1. The van der Waals surface area contributed by atoms with E-state index in [9.17, 15) is 9.90 Å². The van der Waals surface area contributed by atoms with Crippen LogP contribution in [0.25, 0.3) is 22.1 Å². The second-order valence-corrected chi connectivity index (χ2v) is 8.32. The Morgan fingerprint density at radius 2 is 1.78 bits per heavy atom. The van der Waals surface area contributed by atoms with E-state index >= 15 is 0 Å². The second-order valence-electron chi connectivity index (χ2n) is 7.89. The van der Waals surface area contributed by atoms with Gasteiger partial charge in [-0.05, 0) is 48.0 Å². The summed E-state index contributed by atoms with van der Waals surface area (Å²) in [6.45, 7) is 3.82. The van der Waals surface area contributed by atoms with Crippen molar-refractivity contribution in [1.82, 2.24) is 9.88 Å². The minimum absolute atomic E-state index is 0.132. The van der Waals surface area contributed by atoms with Crippen LogP contribution in [0.2, 0.25) is 5.02 Å². The fourth-order valence-corrected chi connectivity index (χ4v) is 4.24. The highest BCUT2D eigenvalue weighted by Gasteiger charge is 2.21. The number of halogens is 1. The summed E-state index contributed by atoms with van der Waals surface area (Å²) in [4.78, 5) is 21.7. The SMILES string of the molecule is O=c1oc2c(CN3CCN(c4ccccn4)CC3)c(O)ccc2cc1-c1ccc(Cl)cc1. The van der Waals surface area contributed by atoms with Crippen molar-refractivity contribution in [2.24, 2.45) is 0 Å². The molecular formula is C25H22ClN3O3. The molecule has 0 bridgehead atoms. The first-order valence-electron chi connectivity index (χ1n) is 10.5. The number of hydrogen-bond acceptors (Lipinski definition) is 6. The van der Waals surface area contributed by atoms with Crippen LogP contribution in [-0.2, 0) is 6.54 Å². The molecule has 1 fully saturated rings. The standard InChI is InChI=1S/C25H22ClN3O3/c26-19-7-4-17(5-8-19)20-15-18-6-9-22(30)21(24(18)32-25(20)31)16-28-11-13-29(14-12-28)23-3-1-2-10-27-23/h1-10,15,30H,11-14,16H2. The Labute approximate surface area is 190 Å². The van der Waals surface area contributed by atoms with Crippen LogP contribution in [0.5, 0.6) is 5.75 Å². The van der Waals surface area contributed by atoms with Crippen molar-refractivity contribution in [1.29, 1.82) is 0 Å². The van der Waals surface area contributed by atoms with Crippen molar-refractivity contribution in [3.8, 4) is 16.9 Å². The largest absolute Gasteiger partial charge is 0.507 e. The Hall–Kier alpha value is -3.35. The summed E-state index contributed by atoms with van der Waals surface area (Å²) in [6.07, 6.45) is 1.80. The maximum Gasteiger partial charge on any atom is 0.344 e. The number of benzene rings is 2. The Bertz CT molecular complexity index is 1300. The number of pyridine rings is 1. The molecule has 0 aliphatic carbocycles. The van der Waals surface area contributed by atoms with Gasteiger partial charge in [0.15, 0.2) is 0 Å². The van der Waals surface area contributed by atoms with Crippen molar-refractivity contribution in [3.63, 3.8) is 0 Å². The Kier molecular flexibility index (Phi) is 5.55. The van der Waals surface area contributed by atoms with Crippen LogP contribution >= 0.6 is 11.6 Å². The summed E-state index contributed by atoms with van der Waals surface area (Å²) in [5.41, 5.74) is 1.83. The van der Waals surface area contributed by atoms with E-state index in [1.54, 1.807) is 42.6 Å². The lowest BCUT2D eigenvalue weighted by atomic mass is 10.0. The zero-order valence-corrected chi connectivity index (χ0v) is 18.1. The number of aromatic nitrogens is 1. The lowest BCUT2D eigenvalue weighted by molar-refractivity contribution is 0.246. The van der Waals surface area contributed by atoms with Gasteiger partial charge in [0.05, 0.1) is 11.1 Å². The Balaban J connectivity index is 1.41. The molecule has 1 aliphatic rings. The van der Waals surface area contributed by atoms with Gasteiger partial charge >= 0.3 is 5.63 Å². The normalized spacial score (nSPS) is 14.7. The molecule has 6 nitrogen and oxygen atoms in total. The van der Waals surface area contributed by atoms with Crippen molar-refractivity contribution >= 4 is 28.4 Å². The van der Waals surface area contributed by atoms with Crippen LogP contribution in [0.4, 0.5) is 5.82 Å². The topological polar surface area (TPSA) is 69.8 Å². The molecule has 1 saturated heterocycles. The average Bonchev–Trinajstić information content (AvgIpc) is 2.82. The van der Waals surface area contributed by atoms with Gasteiger partial charge in [0.25, 0.3) is 0 Å². The van der Waals surface area contributed by atoms with Crippen LogP contribution in [-0.4, -0.2) is 41.2 Å². The van der Waals surface area contributed by atoms with E-state index in [4.69, 9.17) is 16.0 Å². The lowest BCUT2D eigenvalue weighted by Gasteiger charge is -2.35. The molecule has 4 aromatic rings. The van der Waals surface area contributed by atoms with Gasteiger partial charge in [-0.15, -0.1) is 0 Å². The predicted octanol–water partition coefficient (Wildman–Crippen LogP) is 4.54. The van der Waals surface area contributed by atoms with E-state index in [0.717, 1.165) is 42.9 Å². The molecule has 5 rings (SSSR count). The average molecular weight is 448 g/mol. The number of hydrogen-bond donors (Lipinski definition) is 1. The minimum Gasteiger partial charge on any atom is -0.507 e. The summed E-state index contributed by atoms with van der Waals surface area (Å²) < 4.78 is 5.73. The molecule has 3 heterocycles. The molecule has 0 radical (unpaired) electrons. The molecule has 1 N–H and O–H groups in total. The number of phenols is 1. The first-order chi connectivity index (χ1) is 15.6. The number of aromatic hydroxyl groups is 1. The monoisotopic (exact) mass is 447 g/mol. The molecule has 1 aliphatic heterocycles. The molecule has 32 heavy (non-hydrogen) atoms. The van der Waals surface area contributed by atoms with Crippen LogP contribution in [0, 0.1) is 0 Å². The van der Waals surface area contributed by atoms with E-state index in [0.29, 0.717) is 28.3 Å². The third-order valence-corrected chi connectivity index (χ3v) is 6.12. The van der Waals surface area contributed by atoms with Crippen molar-refractivity contribution in [3.05, 3.63) is 87.9 Å². The summed E-state index contributed by atoms with van der Waals surface area (Å²) >= 11 is 5.97.